The Morgan fingerprint density at radius 2 is 0.419 bits per heavy atom. The topological polar surface area (TPSA) is 0 Å². The maximum atomic E-state index is 6.85. The fourth-order valence-corrected chi connectivity index (χ4v) is 0. The van der Waals surface area contributed by atoms with Gasteiger partial charge in [0, 0.05) is 5.48 Å². The van der Waals surface area contributed by atoms with E-state index in [9.17, 15) is 0 Å². The second-order valence-electron chi connectivity index (χ2n) is 25.9. The Balaban J connectivity index is -0.0000000562. The van der Waals surface area contributed by atoms with Crippen molar-refractivity contribution in [1.29, 1.82) is 0 Å². The Morgan fingerprint density at radius 1 is 0.306 bits per heavy atom. The summed E-state index contributed by atoms with van der Waals surface area (Å²) in [6.45, 7) is 87.5. The van der Waals surface area contributed by atoms with Crippen LogP contribution in [0.1, 0.15) is 347 Å². The van der Waals surface area contributed by atoms with Gasteiger partial charge in [0.05, 0.1) is 0 Å². The number of hydrogen-bond donors (Lipinski definition) is 0. The number of unbranched alkanes of at least 4 members (excludes halogenated alkanes) is 1. The van der Waals surface area contributed by atoms with Crippen molar-refractivity contribution in [3.05, 3.63) is 0 Å². The predicted molar refractivity (Wildman–Crippen MR) is 309 cm³/mol. The van der Waals surface area contributed by atoms with Gasteiger partial charge < -0.3 is 0 Å². The quantitative estimate of drug-likeness (QED) is 0.249. The maximum Gasteiger partial charge on any atom is 0.0264 e. The minimum Gasteiger partial charge on any atom is -0.0654 e. The molecule has 0 N–H and O–H groups in total. The third-order valence-electron chi connectivity index (χ3n) is 12.0. The maximum absolute atomic E-state index is 6.85. The van der Waals surface area contributed by atoms with E-state index in [1.54, 1.807) is 13.8 Å². The van der Waals surface area contributed by atoms with Crippen LogP contribution in [0.15, 0.2) is 0 Å². The van der Waals surface area contributed by atoms with E-state index >= 15 is 0 Å². The molecule has 0 heterocycles. The van der Waals surface area contributed by atoms with Crippen LogP contribution < -0.4 is 0 Å². The largest absolute Gasteiger partial charge is 0.0654 e. The Kier molecular flexibility index (Phi) is 65.9. The molecule has 0 aliphatic carbocycles. The van der Waals surface area contributed by atoms with Gasteiger partial charge in [-0.2, -0.15) is 0 Å². The molecule has 0 nitrogen and oxygen atoms in total. The Labute approximate surface area is 413 Å². The van der Waals surface area contributed by atoms with Gasteiger partial charge in [-0.3, -0.25) is 0 Å². The molecule has 0 spiro atoms. The van der Waals surface area contributed by atoms with Crippen molar-refractivity contribution in [2.45, 2.75) is 341 Å². The lowest BCUT2D eigenvalue weighted by Crippen LogP contribution is -2.25. The lowest BCUT2D eigenvalue weighted by atomic mass is 9.71. The molecule has 0 aliphatic heterocycles. The van der Waals surface area contributed by atoms with Crippen molar-refractivity contribution in [2.75, 3.05) is 0 Å². The van der Waals surface area contributed by atoms with E-state index in [2.05, 4.69) is 249 Å². The van der Waals surface area contributed by atoms with E-state index in [-0.39, 0.29) is 0 Å². The van der Waals surface area contributed by atoms with Crippen LogP contribution in [0, 0.1) is 68.0 Å². The Morgan fingerprint density at radius 3 is 0.419 bits per heavy atom. The minimum absolute atomic E-state index is 0.437. The lowest BCUT2D eigenvalue weighted by molar-refractivity contribution is 0.157. The van der Waals surface area contributed by atoms with Crippen LogP contribution in [0.3, 0.4) is 0 Å². The highest BCUT2D eigenvalue weighted by Crippen LogP contribution is 2.36. The molecule has 394 valence electrons. The monoisotopic (exact) mass is 895 g/mol. The molecule has 0 bridgehead atoms. The summed E-state index contributed by atoms with van der Waals surface area (Å²) < 4.78 is 27.4. The van der Waals surface area contributed by atoms with E-state index < -0.39 is 12.7 Å². The fourth-order valence-electron chi connectivity index (χ4n) is 0. The van der Waals surface area contributed by atoms with Crippen molar-refractivity contribution < 1.29 is 5.48 Å². The van der Waals surface area contributed by atoms with Gasteiger partial charge in [-0.05, 0) is 68.0 Å². The van der Waals surface area contributed by atoms with Gasteiger partial charge in [-0.1, -0.05) is 341 Å². The summed E-state index contributed by atoms with van der Waals surface area (Å²) in [5.74, 6) is 5.07. The highest BCUT2D eigenvalue weighted by atomic mass is 14.3. The molecule has 0 unspecified atom stereocenters. The summed E-state index contributed by atoms with van der Waals surface area (Å²) in [5.41, 5.74) is 2.96. The molecule has 0 amide bonds. The molecule has 0 aromatic heterocycles. The van der Waals surface area contributed by atoms with Gasteiger partial charge in [0.2, 0.25) is 0 Å². The summed E-state index contributed by atoms with van der Waals surface area (Å²) >= 11 is 0. The minimum atomic E-state index is -0.958. The smallest absolute Gasteiger partial charge is 0.0264 e. The zero-order chi connectivity index (χ0) is 57.1. The van der Waals surface area contributed by atoms with Crippen molar-refractivity contribution in [2.24, 2.45) is 68.0 Å². The van der Waals surface area contributed by atoms with Crippen LogP contribution in [0.2, 0.25) is 0 Å². The zero-order valence-electron chi connectivity index (χ0n) is 57.1. The highest BCUT2D eigenvalue weighted by Gasteiger charge is 2.26. The molecule has 0 saturated heterocycles. The summed E-state index contributed by atoms with van der Waals surface area (Å²) in [6.07, 6.45) is 7.08. The molecule has 0 aromatic rings. The van der Waals surface area contributed by atoms with Crippen LogP contribution in [-0.4, -0.2) is 0 Å². The molecule has 0 rings (SSSR count). The van der Waals surface area contributed by atoms with Crippen molar-refractivity contribution in [3.8, 4) is 0 Å². The SMILES string of the molecule is CC(C)(C)C(C)(C)C.CC(C)C(C)(C)C.CC(C)C(C)(C)C.CC(C)C(C)C.CCC(C)(C)C.CCC(C)(C)C.CCC(C)C.CCC(C)C.CCCC.[2H]C([2H])(C)CC.[2H]C([2H])(C)CC. The second kappa shape index (κ2) is 53.6. The van der Waals surface area contributed by atoms with Crippen LogP contribution in [0.25, 0.3) is 0 Å². The first-order valence-electron chi connectivity index (χ1n) is 28.5. The van der Waals surface area contributed by atoms with E-state index in [1.807, 2.05) is 13.8 Å². The average Bonchev–Trinajstić information content (AvgIpc) is 3.11. The molecule has 0 aromatic carbocycles. The predicted octanol–water partition coefficient (Wildman–Crippen LogP) is 25.2. The number of hydrogen-bond acceptors (Lipinski definition) is 0. The molecule has 0 atom stereocenters. The van der Waals surface area contributed by atoms with Crippen LogP contribution in [0.4, 0.5) is 0 Å². The van der Waals surface area contributed by atoms with Gasteiger partial charge in [-0.15, -0.1) is 0 Å². The summed E-state index contributed by atoms with van der Waals surface area (Å²) in [5, 5.41) is 0. The molecular weight excluding hydrogens is 745 g/mol. The van der Waals surface area contributed by atoms with Crippen LogP contribution in [-0.2, 0) is 0 Å². The lowest BCUT2D eigenvalue weighted by Gasteiger charge is -2.34. The summed E-state index contributed by atoms with van der Waals surface area (Å²) in [7, 11) is 0. The first kappa shape index (κ1) is 76.3. The fraction of sp³-hybridized carbons (Fsp3) is 1.00. The van der Waals surface area contributed by atoms with Gasteiger partial charge in [0.1, 0.15) is 0 Å². The molecule has 62 heavy (non-hydrogen) atoms. The average molecular weight is 896 g/mol. The Hall–Kier alpha value is 0. The van der Waals surface area contributed by atoms with E-state index in [1.165, 1.54) is 38.5 Å². The standard InChI is InChI=1S/C8H18.2C7H16.3C6H14.2C5H12.3C4H10/c1-7(2,3)8(4,5)6;2*1-6(2)7(3,4)5;2*1-5-6(2,3)4;1-5(2)6(3)4;2*1-4-5(2)3;3*1-3-4-2/h1-6H3;2*6H,1-5H3;2*5H2,1-4H3;5-6H,1-4H3;2*5H,4H2,1-3H3;3*3-4H2,1-2H3/i;;;;;;;;2*3D2;. The second-order valence-corrected chi connectivity index (χ2v) is 25.9. The van der Waals surface area contributed by atoms with E-state index in [0.717, 1.165) is 35.5 Å². The van der Waals surface area contributed by atoms with E-state index in [0.29, 0.717) is 45.3 Å². The first-order valence-corrected chi connectivity index (χ1v) is 26.5. The van der Waals surface area contributed by atoms with Gasteiger partial charge in [0.25, 0.3) is 0 Å². The van der Waals surface area contributed by atoms with Gasteiger partial charge >= 0.3 is 0 Å². The summed E-state index contributed by atoms with van der Waals surface area (Å²) in [6, 6.07) is 0. The third-order valence-corrected chi connectivity index (χ3v) is 12.0. The van der Waals surface area contributed by atoms with Crippen molar-refractivity contribution in [1.82, 2.24) is 0 Å². The molecule has 0 fully saturated rings. The summed E-state index contributed by atoms with van der Waals surface area (Å²) in [4.78, 5) is 0. The first-order chi connectivity index (χ1) is 28.5. The Bertz CT molecular complexity index is 751. The van der Waals surface area contributed by atoms with Gasteiger partial charge in [0.15, 0.2) is 0 Å². The molecule has 0 radical (unpaired) electrons. The molecular formula is C62H146. The van der Waals surface area contributed by atoms with E-state index in [4.69, 9.17) is 5.48 Å². The normalized spacial score (nSPS) is 12.5. The van der Waals surface area contributed by atoms with Crippen molar-refractivity contribution >= 4 is 0 Å². The van der Waals surface area contributed by atoms with Crippen LogP contribution in [0.5, 0.6) is 0 Å². The highest BCUT2D eigenvalue weighted by molar-refractivity contribution is 4.77. The molecule has 0 heteroatoms. The molecule has 0 aliphatic rings. The van der Waals surface area contributed by atoms with Crippen molar-refractivity contribution in [3.63, 3.8) is 0 Å². The number of rotatable bonds is 6. The molecule has 0 saturated carbocycles. The zero-order valence-corrected chi connectivity index (χ0v) is 53.1. The van der Waals surface area contributed by atoms with Crippen LogP contribution >= 0.6 is 0 Å². The van der Waals surface area contributed by atoms with Gasteiger partial charge in [-0.25, -0.2) is 0 Å². The third kappa shape index (κ3) is 145.